The van der Waals surface area contributed by atoms with Crippen LogP contribution < -0.4 is 0 Å². The summed E-state index contributed by atoms with van der Waals surface area (Å²) in [7, 11) is 0. The summed E-state index contributed by atoms with van der Waals surface area (Å²) in [5.74, 6) is 0.688. The average Bonchev–Trinajstić information content (AvgIpc) is 1.83. The Hall–Kier alpha value is 0.220. The van der Waals surface area contributed by atoms with Crippen molar-refractivity contribution in [3.05, 3.63) is 12.7 Å². The quantitative estimate of drug-likeness (QED) is 0.457. The second-order valence-electron chi connectivity index (χ2n) is 2.04. The molecule has 0 aromatic heterocycles. The van der Waals surface area contributed by atoms with Crippen molar-refractivity contribution in [1.29, 1.82) is 0 Å². The number of hydrogen-bond donors (Lipinski definition) is 0. The molecular formula is C7H13Br. The second kappa shape index (κ2) is 5.36. The van der Waals surface area contributed by atoms with E-state index >= 15 is 0 Å². The highest BCUT2D eigenvalue weighted by molar-refractivity contribution is 9.09. The Morgan fingerprint density at radius 3 is 2.75 bits per heavy atom. The van der Waals surface area contributed by atoms with Crippen LogP contribution in [-0.2, 0) is 0 Å². The Morgan fingerprint density at radius 2 is 2.38 bits per heavy atom. The first-order valence-corrected chi connectivity index (χ1v) is 4.12. The molecule has 0 amide bonds. The molecule has 0 bridgehead atoms. The van der Waals surface area contributed by atoms with Gasteiger partial charge in [-0.15, -0.1) is 6.58 Å². The molecule has 0 radical (unpaired) electrons. The maximum Gasteiger partial charge on any atom is 0.00315 e. The van der Waals surface area contributed by atoms with Gasteiger partial charge in [0.15, 0.2) is 0 Å². The lowest BCUT2D eigenvalue weighted by atomic mass is 10.1. The van der Waals surface area contributed by atoms with Crippen LogP contribution in [0.25, 0.3) is 0 Å². The fourth-order valence-corrected chi connectivity index (χ4v) is 0.841. The van der Waals surface area contributed by atoms with Crippen molar-refractivity contribution in [1.82, 2.24) is 0 Å². The van der Waals surface area contributed by atoms with E-state index < -0.39 is 0 Å². The Balaban J connectivity index is 2.98. The van der Waals surface area contributed by atoms with Gasteiger partial charge >= 0.3 is 0 Å². The van der Waals surface area contributed by atoms with Gasteiger partial charge in [0, 0.05) is 5.33 Å². The highest BCUT2D eigenvalue weighted by Gasteiger charge is 1.92. The van der Waals surface area contributed by atoms with E-state index in [1.54, 1.807) is 0 Å². The van der Waals surface area contributed by atoms with Crippen molar-refractivity contribution in [3.63, 3.8) is 0 Å². The van der Waals surface area contributed by atoms with Gasteiger partial charge in [0.2, 0.25) is 0 Å². The van der Waals surface area contributed by atoms with Crippen LogP contribution >= 0.6 is 15.9 Å². The summed E-state index contributed by atoms with van der Waals surface area (Å²) in [5.41, 5.74) is 0. The number of alkyl halides is 1. The fraction of sp³-hybridized carbons (Fsp3) is 0.714. The molecule has 0 unspecified atom stereocenters. The normalized spacial score (nSPS) is 13.2. The highest BCUT2D eigenvalue weighted by Crippen LogP contribution is 2.06. The summed E-state index contributed by atoms with van der Waals surface area (Å²) >= 11 is 3.37. The third-order valence-electron chi connectivity index (χ3n) is 1.20. The van der Waals surface area contributed by atoms with E-state index in [2.05, 4.69) is 29.4 Å². The predicted molar refractivity (Wildman–Crippen MR) is 42.4 cm³/mol. The van der Waals surface area contributed by atoms with Gasteiger partial charge < -0.3 is 0 Å². The third kappa shape index (κ3) is 4.38. The Bertz CT molecular complexity index is 59.4. The van der Waals surface area contributed by atoms with Crippen LogP contribution in [0, 0.1) is 5.92 Å². The Morgan fingerprint density at radius 1 is 1.75 bits per heavy atom. The first-order chi connectivity index (χ1) is 3.81. The van der Waals surface area contributed by atoms with Crippen molar-refractivity contribution in [2.24, 2.45) is 5.92 Å². The molecule has 48 valence electrons. The van der Waals surface area contributed by atoms with Crippen LogP contribution in [0.15, 0.2) is 12.7 Å². The fourth-order valence-electron chi connectivity index (χ4n) is 0.517. The van der Waals surface area contributed by atoms with E-state index in [0.29, 0.717) is 5.92 Å². The van der Waals surface area contributed by atoms with E-state index in [-0.39, 0.29) is 0 Å². The zero-order valence-corrected chi connectivity index (χ0v) is 6.95. The molecule has 0 saturated heterocycles. The minimum absolute atomic E-state index is 0.688. The lowest BCUT2D eigenvalue weighted by molar-refractivity contribution is 0.641. The summed E-state index contributed by atoms with van der Waals surface area (Å²) in [4.78, 5) is 0. The first kappa shape index (κ1) is 8.22. The molecule has 0 N–H and O–H groups in total. The monoisotopic (exact) mass is 176 g/mol. The third-order valence-corrected chi connectivity index (χ3v) is 1.76. The topological polar surface area (TPSA) is 0 Å². The number of halogens is 1. The van der Waals surface area contributed by atoms with Gasteiger partial charge in [-0.05, 0) is 18.8 Å². The SMILES string of the molecule is C=C[C@H](C)CCCBr. The van der Waals surface area contributed by atoms with Crippen LogP contribution in [0.4, 0.5) is 0 Å². The van der Waals surface area contributed by atoms with E-state index in [1.807, 2.05) is 6.08 Å². The second-order valence-corrected chi connectivity index (χ2v) is 2.84. The van der Waals surface area contributed by atoms with Gasteiger partial charge in [0.05, 0.1) is 0 Å². The molecule has 0 aliphatic carbocycles. The molecule has 0 aliphatic heterocycles. The molecule has 0 saturated carbocycles. The maximum atomic E-state index is 3.70. The van der Waals surface area contributed by atoms with E-state index in [0.717, 1.165) is 5.33 Å². The summed E-state index contributed by atoms with van der Waals surface area (Å²) < 4.78 is 0. The number of hydrogen-bond acceptors (Lipinski definition) is 0. The largest absolute Gasteiger partial charge is 0.103 e. The summed E-state index contributed by atoms with van der Waals surface area (Å²) in [5, 5.41) is 1.12. The molecule has 0 heterocycles. The van der Waals surface area contributed by atoms with Crippen LogP contribution in [-0.4, -0.2) is 5.33 Å². The number of allylic oxidation sites excluding steroid dienone is 1. The van der Waals surface area contributed by atoms with Gasteiger partial charge in [0.1, 0.15) is 0 Å². The van der Waals surface area contributed by atoms with Crippen LogP contribution in [0.2, 0.25) is 0 Å². The number of rotatable bonds is 4. The van der Waals surface area contributed by atoms with Crippen molar-refractivity contribution >= 4 is 15.9 Å². The van der Waals surface area contributed by atoms with E-state index in [4.69, 9.17) is 0 Å². The molecule has 0 aromatic carbocycles. The smallest absolute Gasteiger partial charge is 0.00315 e. The minimum atomic E-state index is 0.688. The summed E-state index contributed by atoms with van der Waals surface area (Å²) in [6.45, 7) is 5.89. The van der Waals surface area contributed by atoms with Gasteiger partial charge in [-0.3, -0.25) is 0 Å². The molecule has 0 aliphatic rings. The van der Waals surface area contributed by atoms with Gasteiger partial charge in [0.25, 0.3) is 0 Å². The standard InChI is InChI=1S/C7H13Br/c1-3-7(2)5-4-6-8/h3,7H,1,4-6H2,2H3/t7-/m0/s1. The lowest BCUT2D eigenvalue weighted by Crippen LogP contribution is -1.87. The van der Waals surface area contributed by atoms with Crippen molar-refractivity contribution in [2.45, 2.75) is 19.8 Å². The molecule has 0 spiro atoms. The Labute approximate surface area is 60.1 Å². The van der Waals surface area contributed by atoms with Gasteiger partial charge in [-0.2, -0.15) is 0 Å². The first-order valence-electron chi connectivity index (χ1n) is 2.99. The molecular weight excluding hydrogens is 164 g/mol. The molecule has 1 heteroatoms. The van der Waals surface area contributed by atoms with Gasteiger partial charge in [-0.1, -0.05) is 28.9 Å². The van der Waals surface area contributed by atoms with Crippen molar-refractivity contribution < 1.29 is 0 Å². The molecule has 1 atom stereocenters. The molecule has 0 rings (SSSR count). The zero-order chi connectivity index (χ0) is 6.41. The Kier molecular flexibility index (Phi) is 5.51. The van der Waals surface area contributed by atoms with E-state index in [9.17, 15) is 0 Å². The van der Waals surface area contributed by atoms with E-state index in [1.165, 1.54) is 12.8 Å². The van der Waals surface area contributed by atoms with Crippen LogP contribution in [0.5, 0.6) is 0 Å². The zero-order valence-electron chi connectivity index (χ0n) is 5.36. The molecule has 0 nitrogen and oxygen atoms in total. The molecule has 8 heavy (non-hydrogen) atoms. The maximum absolute atomic E-state index is 3.70. The van der Waals surface area contributed by atoms with Crippen molar-refractivity contribution in [3.8, 4) is 0 Å². The van der Waals surface area contributed by atoms with Crippen LogP contribution in [0.3, 0.4) is 0 Å². The predicted octanol–water partition coefficient (Wildman–Crippen LogP) is 2.98. The average molecular weight is 177 g/mol. The van der Waals surface area contributed by atoms with Crippen LogP contribution in [0.1, 0.15) is 19.8 Å². The van der Waals surface area contributed by atoms with Gasteiger partial charge in [-0.25, -0.2) is 0 Å². The summed E-state index contributed by atoms with van der Waals surface area (Å²) in [6.07, 6.45) is 4.52. The van der Waals surface area contributed by atoms with Crippen molar-refractivity contribution in [2.75, 3.05) is 5.33 Å². The molecule has 0 aromatic rings. The minimum Gasteiger partial charge on any atom is -0.103 e. The summed E-state index contributed by atoms with van der Waals surface area (Å²) in [6, 6.07) is 0. The molecule has 0 fully saturated rings. The lowest BCUT2D eigenvalue weighted by Gasteiger charge is -2.00. The highest BCUT2D eigenvalue weighted by atomic mass is 79.9.